The van der Waals surface area contributed by atoms with Crippen molar-refractivity contribution in [3.05, 3.63) is 131 Å². The van der Waals surface area contributed by atoms with E-state index in [2.05, 4.69) is 5.32 Å². The molecule has 0 saturated carbocycles. The van der Waals surface area contributed by atoms with Crippen LogP contribution in [0.15, 0.2) is 97.1 Å². The lowest BCUT2D eigenvalue weighted by Crippen LogP contribution is -2.55. The molecule has 2 aliphatic heterocycles. The highest BCUT2D eigenvalue weighted by atomic mass is 19.1. The van der Waals surface area contributed by atoms with Crippen LogP contribution in [0.5, 0.6) is 0 Å². The van der Waals surface area contributed by atoms with Crippen LogP contribution in [0.1, 0.15) is 58.5 Å². The van der Waals surface area contributed by atoms with E-state index in [1.54, 1.807) is 17.0 Å². The lowest BCUT2D eigenvalue weighted by Gasteiger charge is -2.48. The zero-order valence-corrected chi connectivity index (χ0v) is 26.6. The van der Waals surface area contributed by atoms with Crippen molar-refractivity contribution < 1.29 is 42.9 Å². The van der Waals surface area contributed by atoms with Gasteiger partial charge in [0, 0.05) is 11.4 Å². The van der Waals surface area contributed by atoms with Gasteiger partial charge in [-0.3, -0.25) is 9.59 Å². The number of aryl methyl sites for hydroxylation is 1. The number of aliphatic hydroxyl groups is 1. The predicted octanol–water partition coefficient (Wildman–Crippen LogP) is 6.24. The molecule has 2 unspecified atom stereocenters. The van der Waals surface area contributed by atoms with Crippen molar-refractivity contribution >= 4 is 29.2 Å². The molecule has 2 amide bonds. The lowest BCUT2D eigenvalue weighted by atomic mass is 9.78. The third kappa shape index (κ3) is 7.86. The molecule has 0 aliphatic carbocycles. The molecule has 0 aromatic heterocycles. The van der Waals surface area contributed by atoms with Crippen LogP contribution in [0.4, 0.5) is 20.2 Å². The van der Waals surface area contributed by atoms with E-state index in [0.29, 0.717) is 55.8 Å². The minimum absolute atomic E-state index is 0.114. The average molecular weight is 671 g/mol. The Morgan fingerprint density at radius 3 is 2.14 bits per heavy atom. The minimum Gasteiger partial charge on any atom is -0.478 e. The Bertz CT molecular complexity index is 1780. The number of halogens is 2. The van der Waals surface area contributed by atoms with E-state index in [1.807, 2.05) is 24.3 Å². The third-order valence-electron chi connectivity index (χ3n) is 9.17. The summed E-state index contributed by atoms with van der Waals surface area (Å²) in [5.74, 6) is -2.72. The Hall–Kier alpha value is -4.97. The summed E-state index contributed by atoms with van der Waals surface area (Å²) in [4.78, 5) is 38.6. The predicted molar refractivity (Wildman–Crippen MR) is 177 cm³/mol. The van der Waals surface area contributed by atoms with Crippen LogP contribution in [0.2, 0.25) is 0 Å². The average Bonchev–Trinajstić information content (AvgIpc) is 3.08. The van der Waals surface area contributed by atoms with Gasteiger partial charge in [0.15, 0.2) is 0 Å². The fraction of sp³-hybridized carbons (Fsp3) is 0.289. The van der Waals surface area contributed by atoms with Gasteiger partial charge in [-0.2, -0.15) is 0 Å². The molecule has 2 aliphatic rings. The summed E-state index contributed by atoms with van der Waals surface area (Å²) in [6.07, 6.45) is 1.13. The lowest BCUT2D eigenvalue weighted by molar-refractivity contribution is -0.211. The molecule has 2 fully saturated rings. The Morgan fingerprint density at radius 1 is 0.918 bits per heavy atom. The van der Waals surface area contributed by atoms with Crippen molar-refractivity contribution in [2.75, 3.05) is 30.0 Å². The number of hydrogen-bond donors (Lipinski definition) is 3. The first-order valence-corrected chi connectivity index (χ1v) is 16.1. The van der Waals surface area contributed by atoms with Gasteiger partial charge in [-0.15, -0.1) is 0 Å². The molecule has 3 N–H and O–H groups in total. The number of ether oxygens (including phenoxy) is 2. The van der Waals surface area contributed by atoms with E-state index in [9.17, 15) is 28.3 Å². The monoisotopic (exact) mass is 670 g/mol. The van der Waals surface area contributed by atoms with Crippen LogP contribution in [-0.2, 0) is 25.5 Å². The summed E-state index contributed by atoms with van der Waals surface area (Å²) >= 11 is 0. The van der Waals surface area contributed by atoms with E-state index >= 15 is 0 Å². The maximum absolute atomic E-state index is 13.7. The quantitative estimate of drug-likeness (QED) is 0.136. The summed E-state index contributed by atoms with van der Waals surface area (Å²) in [6.45, 7) is 0.525. The number of nitrogens with zero attached hydrogens (tertiary/aromatic N) is 1. The molecule has 11 heteroatoms. The van der Waals surface area contributed by atoms with Crippen LogP contribution in [-0.4, -0.2) is 53.4 Å². The van der Waals surface area contributed by atoms with Gasteiger partial charge in [0.05, 0.1) is 36.8 Å². The van der Waals surface area contributed by atoms with Crippen molar-refractivity contribution in [1.82, 2.24) is 0 Å². The first-order chi connectivity index (χ1) is 23.6. The fourth-order valence-corrected chi connectivity index (χ4v) is 6.28. The molecule has 3 atom stereocenters. The van der Waals surface area contributed by atoms with Crippen LogP contribution in [0.3, 0.4) is 0 Å². The van der Waals surface area contributed by atoms with E-state index in [4.69, 9.17) is 14.6 Å². The number of hydrogen-bond acceptors (Lipinski definition) is 6. The number of β-lactam (4-membered cyclic amide) rings is 1. The van der Waals surface area contributed by atoms with Gasteiger partial charge < -0.3 is 29.9 Å². The molecule has 254 valence electrons. The first-order valence-electron chi connectivity index (χ1n) is 16.1. The number of aromatic carboxylic acids is 1. The number of rotatable bonds is 14. The number of benzene rings is 4. The van der Waals surface area contributed by atoms with Crippen molar-refractivity contribution in [2.45, 2.75) is 43.4 Å². The second-order valence-corrected chi connectivity index (χ2v) is 12.5. The SMILES string of the molecule is O=C(COC1(CCc2ccc(C3[C@@H](CCC(O)c4ccc(F)cc4)C(=O)N3c3ccc(F)cc3)cc2)COC1)Nc1ccc(C(=O)O)cc1. The van der Waals surface area contributed by atoms with E-state index in [0.717, 1.165) is 11.1 Å². The smallest absolute Gasteiger partial charge is 0.335 e. The van der Waals surface area contributed by atoms with Crippen LogP contribution in [0.25, 0.3) is 0 Å². The highest BCUT2D eigenvalue weighted by Crippen LogP contribution is 2.46. The summed E-state index contributed by atoms with van der Waals surface area (Å²) in [7, 11) is 0. The third-order valence-corrected chi connectivity index (χ3v) is 9.17. The van der Waals surface area contributed by atoms with Gasteiger partial charge in [-0.1, -0.05) is 36.4 Å². The molecule has 2 saturated heterocycles. The molecule has 9 nitrogen and oxygen atoms in total. The van der Waals surface area contributed by atoms with Gasteiger partial charge >= 0.3 is 5.97 Å². The zero-order valence-electron chi connectivity index (χ0n) is 26.6. The largest absolute Gasteiger partial charge is 0.478 e. The van der Waals surface area contributed by atoms with Crippen molar-refractivity contribution in [3.63, 3.8) is 0 Å². The molecule has 4 aromatic rings. The molecule has 6 rings (SSSR count). The highest BCUT2D eigenvalue weighted by molar-refractivity contribution is 6.03. The zero-order chi connectivity index (χ0) is 34.5. The van der Waals surface area contributed by atoms with Gasteiger partial charge in [0.25, 0.3) is 0 Å². The Labute approximate surface area is 282 Å². The number of carboxylic acid groups (broad SMARTS) is 1. The van der Waals surface area contributed by atoms with E-state index < -0.39 is 35.2 Å². The van der Waals surface area contributed by atoms with E-state index in [1.165, 1.54) is 60.7 Å². The first kappa shape index (κ1) is 33.9. The molecule has 0 spiro atoms. The summed E-state index contributed by atoms with van der Waals surface area (Å²) in [6, 6.07) is 24.9. The van der Waals surface area contributed by atoms with Gasteiger partial charge in [0.2, 0.25) is 11.8 Å². The summed E-state index contributed by atoms with van der Waals surface area (Å²) in [5, 5.41) is 22.5. The van der Waals surface area contributed by atoms with E-state index in [-0.39, 0.29) is 30.0 Å². The second kappa shape index (κ2) is 14.7. The molecule has 0 bridgehead atoms. The molecular weight excluding hydrogens is 634 g/mol. The second-order valence-electron chi connectivity index (χ2n) is 12.5. The van der Waals surface area contributed by atoms with Gasteiger partial charge in [-0.25, -0.2) is 13.6 Å². The number of anilines is 2. The summed E-state index contributed by atoms with van der Waals surface area (Å²) in [5.41, 5.74) is 3.08. The molecule has 2 heterocycles. The normalized spacial score (nSPS) is 18.7. The minimum atomic E-state index is -1.05. The van der Waals surface area contributed by atoms with Crippen LogP contribution in [0, 0.1) is 17.6 Å². The van der Waals surface area contributed by atoms with Crippen molar-refractivity contribution in [1.29, 1.82) is 0 Å². The number of carboxylic acids is 1. The van der Waals surface area contributed by atoms with Crippen molar-refractivity contribution in [2.24, 2.45) is 5.92 Å². The number of nitrogens with one attached hydrogen (secondary N) is 1. The standard InChI is InChI=1S/C38H36F2N2O7/c39-28-9-5-25(6-10-28)33(43)18-17-32-35(42(36(32)45)31-15-11-29(40)12-16-31)26-3-1-24(2-4-26)19-20-38(22-48-23-38)49-21-34(44)41-30-13-7-27(8-14-30)37(46)47/h1-16,32-33,35,43H,17-23H2,(H,41,44)(H,46,47)/t32-,33?,35?/m1/s1. The Morgan fingerprint density at radius 2 is 1.55 bits per heavy atom. The molecule has 49 heavy (non-hydrogen) atoms. The maximum atomic E-state index is 13.7. The topological polar surface area (TPSA) is 125 Å². The Balaban J connectivity index is 1.08. The Kier molecular flexibility index (Phi) is 10.1. The van der Waals surface area contributed by atoms with Crippen LogP contribution < -0.4 is 10.2 Å². The molecule has 4 aromatic carbocycles. The van der Waals surface area contributed by atoms with Gasteiger partial charge in [0.1, 0.15) is 23.8 Å². The molecule has 0 radical (unpaired) electrons. The number of carbonyl (C=O) groups is 3. The van der Waals surface area contributed by atoms with Crippen LogP contribution >= 0.6 is 0 Å². The number of carbonyl (C=O) groups excluding carboxylic acids is 2. The maximum Gasteiger partial charge on any atom is 0.335 e. The molecular formula is C38H36F2N2O7. The fourth-order valence-electron chi connectivity index (χ4n) is 6.28. The number of aliphatic hydroxyl groups excluding tert-OH is 1. The summed E-state index contributed by atoms with van der Waals surface area (Å²) < 4.78 is 38.5. The van der Waals surface area contributed by atoms with Gasteiger partial charge in [-0.05, 0) is 103 Å². The number of amides is 2. The van der Waals surface area contributed by atoms with Crippen molar-refractivity contribution in [3.8, 4) is 0 Å². The highest BCUT2D eigenvalue weighted by Gasteiger charge is 2.48.